The minimum Gasteiger partial charge on any atom is -0.440 e. The lowest BCUT2D eigenvalue weighted by Gasteiger charge is -2.04. The highest BCUT2D eigenvalue weighted by atomic mass is 16.3. The average molecular weight is 360 g/mol. The summed E-state index contributed by atoms with van der Waals surface area (Å²) in [6.07, 6.45) is 0. The van der Waals surface area contributed by atoms with Gasteiger partial charge >= 0.3 is 0 Å². The standard InChI is InChI=1S/C21H20N4O2/c1-13(2)21-23-17-12-15(9-10-19(17)27-21)22-20(26)18-11-14(3)25(24-18)16-7-5-4-6-8-16/h4-13H,1-3H3,(H,22,26). The van der Waals surface area contributed by atoms with E-state index < -0.39 is 0 Å². The molecule has 0 spiro atoms. The zero-order chi connectivity index (χ0) is 19.0. The van der Waals surface area contributed by atoms with Gasteiger partial charge in [-0.15, -0.1) is 0 Å². The molecule has 0 atom stereocenters. The highest BCUT2D eigenvalue weighted by Gasteiger charge is 2.15. The first kappa shape index (κ1) is 17.0. The molecular weight excluding hydrogens is 340 g/mol. The van der Waals surface area contributed by atoms with Crippen molar-refractivity contribution in [2.24, 2.45) is 0 Å². The van der Waals surface area contributed by atoms with Gasteiger partial charge < -0.3 is 9.73 Å². The molecule has 0 unspecified atom stereocenters. The lowest BCUT2D eigenvalue weighted by atomic mass is 10.2. The Balaban J connectivity index is 1.58. The summed E-state index contributed by atoms with van der Waals surface area (Å²) in [5.41, 5.74) is 4.25. The van der Waals surface area contributed by atoms with Crippen LogP contribution in [0.5, 0.6) is 0 Å². The number of hydrogen-bond acceptors (Lipinski definition) is 4. The number of aryl methyl sites for hydroxylation is 1. The molecule has 27 heavy (non-hydrogen) atoms. The number of anilines is 1. The first-order valence-electron chi connectivity index (χ1n) is 8.85. The maximum Gasteiger partial charge on any atom is 0.276 e. The number of amides is 1. The van der Waals surface area contributed by atoms with Crippen molar-refractivity contribution < 1.29 is 9.21 Å². The number of rotatable bonds is 4. The zero-order valence-electron chi connectivity index (χ0n) is 15.4. The minimum absolute atomic E-state index is 0.209. The van der Waals surface area contributed by atoms with E-state index in [1.165, 1.54) is 0 Å². The third kappa shape index (κ3) is 3.33. The molecule has 2 aromatic carbocycles. The van der Waals surface area contributed by atoms with E-state index in [1.807, 2.05) is 63.2 Å². The van der Waals surface area contributed by atoms with Crippen molar-refractivity contribution in [2.45, 2.75) is 26.7 Å². The van der Waals surface area contributed by atoms with Gasteiger partial charge in [-0.2, -0.15) is 5.10 Å². The lowest BCUT2D eigenvalue weighted by molar-refractivity contribution is 0.102. The molecule has 4 aromatic rings. The molecular formula is C21H20N4O2. The summed E-state index contributed by atoms with van der Waals surface area (Å²) in [4.78, 5) is 17.1. The summed E-state index contributed by atoms with van der Waals surface area (Å²) < 4.78 is 7.46. The molecule has 0 aliphatic carbocycles. The largest absolute Gasteiger partial charge is 0.440 e. The highest BCUT2D eigenvalue weighted by molar-refractivity contribution is 6.03. The van der Waals surface area contributed by atoms with E-state index in [9.17, 15) is 4.79 Å². The molecule has 2 heterocycles. The van der Waals surface area contributed by atoms with Crippen LogP contribution >= 0.6 is 0 Å². The molecule has 0 aliphatic rings. The Bertz CT molecular complexity index is 1110. The summed E-state index contributed by atoms with van der Waals surface area (Å²) >= 11 is 0. The second kappa shape index (κ2) is 6.72. The first-order chi connectivity index (χ1) is 13.0. The molecule has 0 saturated heterocycles. The molecule has 136 valence electrons. The smallest absolute Gasteiger partial charge is 0.276 e. The molecule has 4 rings (SSSR count). The number of nitrogens with zero attached hydrogens (tertiary/aromatic N) is 3. The van der Waals surface area contributed by atoms with Crippen molar-refractivity contribution in [3.05, 3.63) is 71.9 Å². The number of fused-ring (bicyclic) bond motifs is 1. The van der Waals surface area contributed by atoms with Gasteiger partial charge in [0.15, 0.2) is 17.2 Å². The third-order valence-electron chi connectivity index (χ3n) is 4.28. The van der Waals surface area contributed by atoms with Crippen LogP contribution in [-0.4, -0.2) is 20.7 Å². The Morgan fingerprint density at radius 2 is 1.89 bits per heavy atom. The van der Waals surface area contributed by atoms with E-state index in [-0.39, 0.29) is 11.8 Å². The molecule has 1 amide bonds. The van der Waals surface area contributed by atoms with Crippen LogP contribution in [-0.2, 0) is 0 Å². The van der Waals surface area contributed by atoms with Gasteiger partial charge in [0, 0.05) is 17.3 Å². The van der Waals surface area contributed by atoms with E-state index in [1.54, 1.807) is 16.8 Å². The van der Waals surface area contributed by atoms with Crippen LogP contribution in [0.2, 0.25) is 0 Å². The molecule has 0 saturated carbocycles. The van der Waals surface area contributed by atoms with E-state index in [0.29, 0.717) is 22.9 Å². The van der Waals surface area contributed by atoms with Gasteiger partial charge in [-0.25, -0.2) is 9.67 Å². The third-order valence-corrected chi connectivity index (χ3v) is 4.28. The molecule has 0 bridgehead atoms. The van der Waals surface area contributed by atoms with Crippen molar-refractivity contribution in [1.29, 1.82) is 0 Å². The monoisotopic (exact) mass is 360 g/mol. The first-order valence-corrected chi connectivity index (χ1v) is 8.85. The molecule has 6 nitrogen and oxygen atoms in total. The van der Waals surface area contributed by atoms with Crippen molar-refractivity contribution in [2.75, 3.05) is 5.32 Å². The van der Waals surface area contributed by atoms with E-state index in [0.717, 1.165) is 16.9 Å². The maximum absolute atomic E-state index is 12.6. The predicted octanol–water partition coefficient (Wildman–Crippen LogP) is 4.70. The van der Waals surface area contributed by atoms with E-state index in [4.69, 9.17) is 4.42 Å². The van der Waals surface area contributed by atoms with Gasteiger partial charge in [-0.3, -0.25) is 4.79 Å². The topological polar surface area (TPSA) is 73.0 Å². The molecule has 0 aliphatic heterocycles. The fraction of sp³-hybridized carbons (Fsp3) is 0.190. The summed E-state index contributed by atoms with van der Waals surface area (Å²) in [7, 11) is 0. The number of para-hydroxylation sites is 1. The Hall–Kier alpha value is -3.41. The number of benzene rings is 2. The Morgan fingerprint density at radius 1 is 1.11 bits per heavy atom. The zero-order valence-corrected chi connectivity index (χ0v) is 15.4. The van der Waals surface area contributed by atoms with E-state index >= 15 is 0 Å². The number of nitrogens with one attached hydrogen (secondary N) is 1. The second-order valence-corrected chi connectivity index (χ2v) is 6.76. The van der Waals surface area contributed by atoms with Gasteiger partial charge in [0.1, 0.15) is 5.52 Å². The van der Waals surface area contributed by atoms with Gasteiger partial charge in [0.05, 0.1) is 5.69 Å². The molecule has 1 N–H and O–H groups in total. The minimum atomic E-state index is -0.264. The molecule has 0 fully saturated rings. The van der Waals surface area contributed by atoms with Crippen molar-refractivity contribution >= 4 is 22.7 Å². The Morgan fingerprint density at radius 3 is 2.63 bits per heavy atom. The van der Waals surface area contributed by atoms with Crippen LogP contribution in [0, 0.1) is 6.92 Å². The van der Waals surface area contributed by atoms with Crippen LogP contribution in [0.15, 0.2) is 59.0 Å². The summed E-state index contributed by atoms with van der Waals surface area (Å²) in [6.45, 7) is 5.98. The number of carbonyl (C=O) groups is 1. The lowest BCUT2D eigenvalue weighted by Crippen LogP contribution is -2.13. The van der Waals surface area contributed by atoms with Crippen LogP contribution in [0.4, 0.5) is 5.69 Å². The predicted molar refractivity (Wildman–Crippen MR) is 104 cm³/mol. The Labute approximate surface area is 156 Å². The average Bonchev–Trinajstić information content (AvgIpc) is 3.26. The van der Waals surface area contributed by atoms with Gasteiger partial charge in [-0.1, -0.05) is 32.0 Å². The van der Waals surface area contributed by atoms with E-state index in [2.05, 4.69) is 15.4 Å². The number of aromatic nitrogens is 3. The highest BCUT2D eigenvalue weighted by Crippen LogP contribution is 2.24. The number of carbonyl (C=O) groups excluding carboxylic acids is 1. The van der Waals surface area contributed by atoms with Crippen LogP contribution in [0.25, 0.3) is 16.8 Å². The fourth-order valence-corrected chi connectivity index (χ4v) is 2.88. The quantitative estimate of drug-likeness (QED) is 0.573. The normalized spacial score (nSPS) is 11.3. The second-order valence-electron chi connectivity index (χ2n) is 6.76. The van der Waals surface area contributed by atoms with Crippen molar-refractivity contribution in [3.8, 4) is 5.69 Å². The summed E-state index contributed by atoms with van der Waals surface area (Å²) in [5.74, 6) is 0.630. The SMILES string of the molecule is Cc1cc(C(=O)Nc2ccc3oc(C(C)C)nc3c2)nn1-c1ccccc1. The van der Waals surface area contributed by atoms with Crippen LogP contribution in [0.3, 0.4) is 0 Å². The van der Waals surface area contributed by atoms with Crippen LogP contribution in [0.1, 0.15) is 41.8 Å². The Kier molecular flexibility index (Phi) is 4.24. The van der Waals surface area contributed by atoms with Gasteiger partial charge in [-0.05, 0) is 43.3 Å². The number of hydrogen-bond donors (Lipinski definition) is 1. The number of oxazole rings is 1. The van der Waals surface area contributed by atoms with Gasteiger partial charge in [0.25, 0.3) is 5.91 Å². The maximum atomic E-state index is 12.6. The fourth-order valence-electron chi connectivity index (χ4n) is 2.88. The summed E-state index contributed by atoms with van der Waals surface area (Å²) in [5, 5.41) is 7.32. The molecule has 2 aromatic heterocycles. The summed E-state index contributed by atoms with van der Waals surface area (Å²) in [6, 6.07) is 16.9. The van der Waals surface area contributed by atoms with Crippen molar-refractivity contribution in [1.82, 2.24) is 14.8 Å². The van der Waals surface area contributed by atoms with Gasteiger partial charge in [0.2, 0.25) is 0 Å². The van der Waals surface area contributed by atoms with Crippen LogP contribution < -0.4 is 5.32 Å². The van der Waals surface area contributed by atoms with Crippen molar-refractivity contribution in [3.63, 3.8) is 0 Å². The molecule has 0 radical (unpaired) electrons. The molecule has 6 heteroatoms.